The summed E-state index contributed by atoms with van der Waals surface area (Å²) in [6.07, 6.45) is 14.5. The van der Waals surface area contributed by atoms with Gasteiger partial charge in [-0.2, -0.15) is 0 Å². The minimum Gasteiger partial charge on any atom is -0.393 e. The quantitative estimate of drug-likeness (QED) is 0.435. The van der Waals surface area contributed by atoms with E-state index in [1.165, 1.54) is 43.3 Å². The Hall–Kier alpha value is -0.600. The van der Waals surface area contributed by atoms with Crippen molar-refractivity contribution in [2.24, 2.45) is 45.3 Å². The van der Waals surface area contributed by atoms with Gasteiger partial charge in [-0.25, -0.2) is 0 Å². The molecule has 4 rings (SSSR count). The molecule has 0 aromatic rings. The summed E-state index contributed by atoms with van der Waals surface area (Å²) in [6, 6.07) is 0. The maximum atomic E-state index is 11.8. The van der Waals surface area contributed by atoms with Crippen molar-refractivity contribution in [2.45, 2.75) is 119 Å². The van der Waals surface area contributed by atoms with E-state index in [-0.39, 0.29) is 16.9 Å². The summed E-state index contributed by atoms with van der Waals surface area (Å²) in [7, 11) is 1.91. The summed E-state index contributed by atoms with van der Waals surface area (Å²) < 4.78 is 6.00. The monoisotopic (exact) mass is 456 g/mol. The zero-order chi connectivity index (χ0) is 24.4. The molecule has 0 spiro atoms. The average molecular weight is 457 g/mol. The second kappa shape index (κ2) is 8.51. The van der Waals surface area contributed by atoms with Gasteiger partial charge in [0.2, 0.25) is 0 Å². The zero-order valence-electron chi connectivity index (χ0n) is 23.1. The fourth-order valence-corrected chi connectivity index (χ4v) is 10.3. The van der Waals surface area contributed by atoms with Gasteiger partial charge in [0, 0.05) is 7.11 Å². The van der Waals surface area contributed by atoms with Crippen molar-refractivity contribution in [1.82, 2.24) is 0 Å². The van der Waals surface area contributed by atoms with E-state index in [0.717, 1.165) is 19.3 Å². The molecule has 4 fully saturated rings. The molecular weight excluding hydrogens is 404 g/mol. The highest BCUT2D eigenvalue weighted by Crippen LogP contribution is 2.75. The smallest absolute Gasteiger partial charge is 0.0625 e. The molecule has 8 unspecified atom stereocenters. The fraction of sp³-hybridized carbons (Fsp3) is 0.871. The van der Waals surface area contributed by atoms with Gasteiger partial charge in [0.15, 0.2) is 0 Å². The maximum absolute atomic E-state index is 11.8. The van der Waals surface area contributed by atoms with E-state index in [1.807, 2.05) is 7.11 Å². The molecule has 9 atom stereocenters. The molecule has 0 heterocycles. The molecule has 0 aromatic heterocycles. The first-order valence-corrected chi connectivity index (χ1v) is 13.8. The van der Waals surface area contributed by atoms with Gasteiger partial charge in [0.1, 0.15) is 0 Å². The summed E-state index contributed by atoms with van der Waals surface area (Å²) in [4.78, 5) is 0. The lowest BCUT2D eigenvalue weighted by Gasteiger charge is -2.70. The number of aliphatic hydroxyl groups excluding tert-OH is 1. The normalized spacial score (nSPS) is 49.1. The van der Waals surface area contributed by atoms with E-state index >= 15 is 0 Å². The van der Waals surface area contributed by atoms with Crippen molar-refractivity contribution >= 4 is 0 Å². The van der Waals surface area contributed by atoms with Crippen molar-refractivity contribution in [3.8, 4) is 0 Å². The van der Waals surface area contributed by atoms with Gasteiger partial charge >= 0.3 is 0 Å². The van der Waals surface area contributed by atoms with Crippen LogP contribution in [0.5, 0.6) is 0 Å². The van der Waals surface area contributed by atoms with Gasteiger partial charge < -0.3 is 9.84 Å². The molecule has 4 aliphatic carbocycles. The molecule has 4 saturated carbocycles. The molecule has 1 N–H and O–H groups in total. The Morgan fingerprint density at radius 1 is 0.879 bits per heavy atom. The predicted molar refractivity (Wildman–Crippen MR) is 139 cm³/mol. The van der Waals surface area contributed by atoms with Gasteiger partial charge in [-0.1, -0.05) is 57.9 Å². The molecule has 2 heteroatoms. The lowest BCUT2D eigenvalue weighted by atomic mass is 9.35. The molecule has 0 saturated heterocycles. The molecular formula is C31H52O2. The first-order chi connectivity index (χ1) is 15.3. The first-order valence-electron chi connectivity index (χ1n) is 13.8. The summed E-state index contributed by atoms with van der Waals surface area (Å²) >= 11 is 0. The Morgan fingerprint density at radius 3 is 2.18 bits per heavy atom. The molecule has 188 valence electrons. The summed E-state index contributed by atoms with van der Waals surface area (Å²) in [6.45, 7) is 19.4. The van der Waals surface area contributed by atoms with Crippen LogP contribution in [0.1, 0.15) is 107 Å². The first kappa shape index (κ1) is 25.5. The van der Waals surface area contributed by atoms with Crippen LogP contribution in [-0.2, 0) is 4.74 Å². The standard InChI is InChI=1S/C31H52O2/c1-20(2)11-10-12-21(3)22-13-17-31(8)27(22)23(32)19-25-29(6)16-15-26(33-9)28(4,5)24(29)14-18-30(25,31)7/h11-12,22-27,32H,10,13-19H2,1-9H3/b21-12+/t22?,23?,24?,25?,26-,27?,29?,30?,31?/m0/s1. The minimum absolute atomic E-state index is 0.175. The molecule has 33 heavy (non-hydrogen) atoms. The van der Waals surface area contributed by atoms with Gasteiger partial charge in [0.05, 0.1) is 12.2 Å². The van der Waals surface area contributed by atoms with E-state index in [9.17, 15) is 5.11 Å². The van der Waals surface area contributed by atoms with Crippen LogP contribution < -0.4 is 0 Å². The van der Waals surface area contributed by atoms with Crippen LogP contribution in [0.2, 0.25) is 0 Å². The third-order valence-corrected chi connectivity index (χ3v) is 12.2. The molecule has 0 radical (unpaired) electrons. The summed E-state index contributed by atoms with van der Waals surface area (Å²) in [5.74, 6) is 2.23. The van der Waals surface area contributed by atoms with Crippen molar-refractivity contribution in [3.63, 3.8) is 0 Å². The van der Waals surface area contributed by atoms with Crippen LogP contribution in [0.4, 0.5) is 0 Å². The Morgan fingerprint density at radius 2 is 1.55 bits per heavy atom. The van der Waals surface area contributed by atoms with E-state index in [4.69, 9.17) is 4.74 Å². The molecule has 0 aliphatic heterocycles. The van der Waals surface area contributed by atoms with Gasteiger partial charge in [-0.3, -0.25) is 0 Å². The van der Waals surface area contributed by atoms with E-state index < -0.39 is 0 Å². The predicted octanol–water partition coefficient (Wildman–Crippen LogP) is 7.96. The summed E-state index contributed by atoms with van der Waals surface area (Å²) in [5.41, 5.74) is 3.94. The van der Waals surface area contributed by atoms with Crippen LogP contribution >= 0.6 is 0 Å². The fourth-order valence-electron chi connectivity index (χ4n) is 10.3. The SMILES string of the molecule is CO[C@H]1CCC2(C)C(CCC3(C)C2CC(O)C2C(/C(C)=C/CC=C(C)C)CCC23C)C1(C)C. The number of allylic oxidation sites excluding steroid dienone is 4. The van der Waals surface area contributed by atoms with Crippen molar-refractivity contribution in [2.75, 3.05) is 7.11 Å². The van der Waals surface area contributed by atoms with Crippen molar-refractivity contribution in [3.05, 3.63) is 23.3 Å². The number of methoxy groups -OCH3 is 1. The lowest BCUT2D eigenvalue weighted by Crippen LogP contribution is -2.66. The number of hydrogen-bond donors (Lipinski definition) is 1. The van der Waals surface area contributed by atoms with E-state index in [2.05, 4.69) is 67.5 Å². The van der Waals surface area contributed by atoms with Crippen LogP contribution in [0.15, 0.2) is 23.3 Å². The Kier molecular flexibility index (Phi) is 6.57. The Bertz CT molecular complexity index is 804. The molecule has 2 nitrogen and oxygen atoms in total. The van der Waals surface area contributed by atoms with Gasteiger partial charge in [-0.05, 0) is 117 Å². The summed E-state index contributed by atoms with van der Waals surface area (Å²) in [5, 5.41) is 11.8. The number of hydrogen-bond acceptors (Lipinski definition) is 2. The average Bonchev–Trinajstić information content (AvgIpc) is 3.09. The zero-order valence-corrected chi connectivity index (χ0v) is 23.1. The highest BCUT2D eigenvalue weighted by molar-refractivity contribution is 5.23. The lowest BCUT2D eigenvalue weighted by molar-refractivity contribution is -0.242. The van der Waals surface area contributed by atoms with E-state index in [1.54, 1.807) is 0 Å². The third kappa shape index (κ3) is 3.64. The molecule has 0 aromatic carbocycles. The number of fused-ring (bicyclic) bond motifs is 5. The Balaban J connectivity index is 1.67. The molecule has 4 aliphatic rings. The van der Waals surface area contributed by atoms with Gasteiger partial charge in [0.25, 0.3) is 0 Å². The van der Waals surface area contributed by atoms with E-state index in [0.29, 0.717) is 40.6 Å². The molecule has 0 bridgehead atoms. The van der Waals surface area contributed by atoms with Crippen LogP contribution in [0.3, 0.4) is 0 Å². The number of ether oxygens (including phenoxy) is 1. The largest absolute Gasteiger partial charge is 0.393 e. The maximum Gasteiger partial charge on any atom is 0.0625 e. The van der Waals surface area contributed by atoms with Crippen LogP contribution in [0, 0.1) is 45.3 Å². The van der Waals surface area contributed by atoms with Crippen LogP contribution in [0.25, 0.3) is 0 Å². The number of rotatable bonds is 4. The number of aliphatic hydroxyl groups is 1. The third-order valence-electron chi connectivity index (χ3n) is 12.2. The Labute approximate surface area is 204 Å². The van der Waals surface area contributed by atoms with Crippen LogP contribution in [-0.4, -0.2) is 24.4 Å². The highest BCUT2D eigenvalue weighted by atomic mass is 16.5. The molecule has 0 amide bonds. The van der Waals surface area contributed by atoms with Crippen molar-refractivity contribution < 1.29 is 9.84 Å². The second-order valence-corrected chi connectivity index (χ2v) is 14.0. The second-order valence-electron chi connectivity index (χ2n) is 14.0. The van der Waals surface area contributed by atoms with Gasteiger partial charge in [-0.15, -0.1) is 0 Å². The highest BCUT2D eigenvalue weighted by Gasteiger charge is 2.70. The minimum atomic E-state index is -0.175. The topological polar surface area (TPSA) is 29.5 Å². The van der Waals surface area contributed by atoms with Crippen molar-refractivity contribution in [1.29, 1.82) is 0 Å².